The summed E-state index contributed by atoms with van der Waals surface area (Å²) in [6.45, 7) is 6.65. The Morgan fingerprint density at radius 2 is 2.45 bits per heavy atom. The van der Waals surface area contributed by atoms with Gasteiger partial charge in [0.15, 0.2) is 17.4 Å². The first kappa shape index (κ1) is 7.63. The first-order chi connectivity index (χ1) is 5.29. The number of nitrogens with one attached hydrogen (secondary N) is 1. The maximum atomic E-state index is 7.18. The molecule has 1 rings (SSSR count). The smallest absolute Gasteiger partial charge is 0.317 e. The standard InChI is InChI=1S/C5H4N4OS/c1-7-5-3(4(6)10-2)8-11-9-5/h6H,2H3. The molecule has 0 aromatic carbocycles. The number of hydrogen-bond acceptors (Lipinski definition) is 5. The van der Waals surface area contributed by atoms with Crippen LogP contribution in [0.25, 0.3) is 4.85 Å². The molecule has 0 aliphatic rings. The Labute approximate surface area is 67.3 Å². The van der Waals surface area contributed by atoms with Crippen molar-refractivity contribution in [3.8, 4) is 0 Å². The third kappa shape index (κ3) is 1.33. The van der Waals surface area contributed by atoms with Gasteiger partial charge in [0.2, 0.25) is 5.90 Å². The van der Waals surface area contributed by atoms with E-state index in [1.54, 1.807) is 0 Å². The van der Waals surface area contributed by atoms with Crippen LogP contribution >= 0.6 is 11.7 Å². The molecular formula is C5H4N4OS. The molecule has 0 spiro atoms. The summed E-state index contributed by atoms with van der Waals surface area (Å²) in [6, 6.07) is 0. The Morgan fingerprint density at radius 1 is 1.73 bits per heavy atom. The Balaban J connectivity index is 3.05. The molecule has 1 aromatic heterocycles. The highest BCUT2D eigenvalue weighted by molar-refractivity contribution is 6.99. The van der Waals surface area contributed by atoms with Crippen molar-refractivity contribution in [3.63, 3.8) is 0 Å². The summed E-state index contributed by atoms with van der Waals surface area (Å²) in [5.74, 6) is 0.00611. The van der Waals surface area contributed by atoms with Crippen LogP contribution in [0.4, 0.5) is 5.82 Å². The summed E-state index contributed by atoms with van der Waals surface area (Å²) < 4.78 is 12.0. The van der Waals surface area contributed by atoms with Crippen LogP contribution in [0, 0.1) is 12.0 Å². The van der Waals surface area contributed by atoms with Crippen LogP contribution in [0.5, 0.6) is 0 Å². The van der Waals surface area contributed by atoms with Crippen LogP contribution in [0.3, 0.4) is 0 Å². The number of aromatic nitrogens is 2. The third-order valence-electron chi connectivity index (χ3n) is 0.996. The van der Waals surface area contributed by atoms with Crippen molar-refractivity contribution in [2.45, 2.75) is 0 Å². The lowest BCUT2D eigenvalue weighted by Crippen LogP contribution is -2.00. The molecular weight excluding hydrogens is 164 g/mol. The average molecular weight is 168 g/mol. The molecule has 0 aliphatic heterocycles. The minimum atomic E-state index is -0.121. The van der Waals surface area contributed by atoms with Gasteiger partial charge in [-0.3, -0.25) is 5.41 Å². The van der Waals surface area contributed by atoms with E-state index < -0.39 is 0 Å². The molecule has 0 saturated carbocycles. The van der Waals surface area contributed by atoms with Crippen molar-refractivity contribution < 1.29 is 4.74 Å². The van der Waals surface area contributed by atoms with Crippen molar-refractivity contribution in [2.75, 3.05) is 7.11 Å². The van der Waals surface area contributed by atoms with Gasteiger partial charge in [-0.1, -0.05) is 6.57 Å². The van der Waals surface area contributed by atoms with Gasteiger partial charge in [-0.2, -0.15) is 4.37 Å². The van der Waals surface area contributed by atoms with Gasteiger partial charge < -0.3 is 9.58 Å². The maximum Gasteiger partial charge on any atom is 0.317 e. The fourth-order valence-electron chi connectivity index (χ4n) is 0.497. The Morgan fingerprint density at radius 3 is 3.00 bits per heavy atom. The molecule has 5 nitrogen and oxygen atoms in total. The fraction of sp³-hybridized carbons (Fsp3) is 0.200. The molecule has 0 atom stereocenters. The number of ether oxygens (including phenoxy) is 1. The van der Waals surface area contributed by atoms with E-state index in [0.29, 0.717) is 0 Å². The van der Waals surface area contributed by atoms with Crippen molar-refractivity contribution in [1.29, 1.82) is 5.41 Å². The summed E-state index contributed by atoms with van der Waals surface area (Å²) in [5, 5.41) is 7.18. The van der Waals surface area contributed by atoms with Crippen LogP contribution in [0.1, 0.15) is 5.69 Å². The second kappa shape index (κ2) is 3.07. The predicted molar refractivity (Wildman–Crippen MR) is 40.0 cm³/mol. The van der Waals surface area contributed by atoms with E-state index in [9.17, 15) is 0 Å². The lowest BCUT2D eigenvalue weighted by atomic mass is 10.4. The van der Waals surface area contributed by atoms with E-state index in [-0.39, 0.29) is 17.4 Å². The lowest BCUT2D eigenvalue weighted by Gasteiger charge is -1.95. The van der Waals surface area contributed by atoms with Gasteiger partial charge in [-0.15, -0.1) is 0 Å². The molecule has 0 unspecified atom stereocenters. The molecule has 0 radical (unpaired) electrons. The van der Waals surface area contributed by atoms with Crippen LogP contribution in [0.15, 0.2) is 0 Å². The summed E-state index contributed by atoms with van der Waals surface area (Å²) in [7, 11) is 1.36. The van der Waals surface area contributed by atoms with E-state index in [0.717, 1.165) is 11.7 Å². The van der Waals surface area contributed by atoms with E-state index in [2.05, 4.69) is 18.3 Å². The number of nitrogens with zero attached hydrogens (tertiary/aromatic N) is 3. The van der Waals surface area contributed by atoms with E-state index in [4.69, 9.17) is 12.0 Å². The first-order valence-electron chi connectivity index (χ1n) is 2.62. The van der Waals surface area contributed by atoms with Gasteiger partial charge in [0.05, 0.1) is 7.11 Å². The molecule has 11 heavy (non-hydrogen) atoms. The zero-order chi connectivity index (χ0) is 8.27. The molecule has 0 amide bonds. The second-order valence-electron chi connectivity index (χ2n) is 1.58. The van der Waals surface area contributed by atoms with Gasteiger partial charge in [-0.05, 0) is 4.37 Å². The largest absolute Gasteiger partial charge is 0.481 e. The molecule has 0 saturated heterocycles. The first-order valence-corrected chi connectivity index (χ1v) is 3.35. The van der Waals surface area contributed by atoms with E-state index in [1.165, 1.54) is 7.11 Å². The highest BCUT2D eigenvalue weighted by Crippen LogP contribution is 2.15. The van der Waals surface area contributed by atoms with Crippen LogP contribution < -0.4 is 0 Å². The SMILES string of the molecule is [C-]#[N+]c1nsnc1C(=N)OC. The Bertz CT molecular complexity index is 313. The van der Waals surface area contributed by atoms with Gasteiger partial charge in [0.25, 0.3) is 0 Å². The van der Waals surface area contributed by atoms with Gasteiger partial charge in [-0.25, -0.2) is 0 Å². The fourth-order valence-corrected chi connectivity index (χ4v) is 0.989. The Kier molecular flexibility index (Phi) is 2.13. The molecule has 6 heteroatoms. The van der Waals surface area contributed by atoms with Crippen LogP contribution in [-0.2, 0) is 4.74 Å². The number of rotatable bonds is 1. The summed E-state index contributed by atoms with van der Waals surface area (Å²) >= 11 is 0.900. The molecule has 0 fully saturated rings. The highest BCUT2D eigenvalue weighted by atomic mass is 32.1. The van der Waals surface area contributed by atoms with E-state index in [1.807, 2.05) is 0 Å². The van der Waals surface area contributed by atoms with Gasteiger partial charge >= 0.3 is 5.82 Å². The van der Waals surface area contributed by atoms with Crippen LogP contribution in [0.2, 0.25) is 0 Å². The van der Waals surface area contributed by atoms with Crippen molar-refractivity contribution >= 4 is 23.4 Å². The zero-order valence-corrected chi connectivity index (χ0v) is 6.47. The predicted octanol–water partition coefficient (Wildman–Crippen LogP) is 1.06. The van der Waals surface area contributed by atoms with Crippen molar-refractivity contribution in [1.82, 2.24) is 8.75 Å². The van der Waals surface area contributed by atoms with Crippen LogP contribution in [-0.4, -0.2) is 21.8 Å². The highest BCUT2D eigenvalue weighted by Gasteiger charge is 2.13. The van der Waals surface area contributed by atoms with Gasteiger partial charge in [0, 0.05) is 0 Å². The topological polar surface area (TPSA) is 63.2 Å². The zero-order valence-electron chi connectivity index (χ0n) is 5.66. The van der Waals surface area contributed by atoms with E-state index >= 15 is 0 Å². The normalized spacial score (nSPS) is 8.73. The molecule has 0 bridgehead atoms. The minimum absolute atomic E-state index is 0.121. The van der Waals surface area contributed by atoms with Gasteiger partial charge in [0.1, 0.15) is 0 Å². The second-order valence-corrected chi connectivity index (χ2v) is 2.11. The molecule has 1 aromatic rings. The molecule has 56 valence electrons. The van der Waals surface area contributed by atoms with Crippen molar-refractivity contribution in [3.05, 3.63) is 17.1 Å². The quantitative estimate of drug-likeness (QED) is 0.387. The summed E-state index contributed by atoms with van der Waals surface area (Å²) in [4.78, 5) is 3.07. The molecule has 1 heterocycles. The molecule has 0 aliphatic carbocycles. The van der Waals surface area contributed by atoms with Crippen molar-refractivity contribution in [2.24, 2.45) is 0 Å². The average Bonchev–Trinajstić information content (AvgIpc) is 2.50. The summed E-state index contributed by atoms with van der Waals surface area (Å²) in [5.41, 5.74) is 0.215. The number of methoxy groups -OCH3 is 1. The minimum Gasteiger partial charge on any atom is -0.481 e. The third-order valence-corrected chi connectivity index (χ3v) is 1.52. The Hall–Kier alpha value is -1.48. The lowest BCUT2D eigenvalue weighted by molar-refractivity contribution is 0.400. The number of hydrogen-bond donors (Lipinski definition) is 1. The maximum absolute atomic E-state index is 7.18. The summed E-state index contributed by atoms with van der Waals surface area (Å²) in [6.07, 6.45) is 0. The monoisotopic (exact) mass is 168 g/mol. The molecule has 1 N–H and O–H groups in total.